The first-order chi connectivity index (χ1) is 10.1. The summed E-state index contributed by atoms with van der Waals surface area (Å²) in [5, 5.41) is 0.822. The molecule has 21 heavy (non-hydrogen) atoms. The molecule has 7 heteroatoms. The fourth-order valence-corrected chi connectivity index (χ4v) is 3.06. The van der Waals surface area contributed by atoms with Crippen molar-refractivity contribution in [2.45, 2.75) is 5.03 Å². The van der Waals surface area contributed by atoms with E-state index in [2.05, 4.69) is 14.7 Å². The van der Waals surface area contributed by atoms with Crippen LogP contribution in [0, 0.1) is 5.82 Å². The van der Waals surface area contributed by atoms with Gasteiger partial charge in [0.05, 0.1) is 5.69 Å². The molecule has 2 heterocycles. The summed E-state index contributed by atoms with van der Waals surface area (Å²) >= 11 is 0. The van der Waals surface area contributed by atoms with E-state index in [4.69, 9.17) is 0 Å². The van der Waals surface area contributed by atoms with Crippen LogP contribution >= 0.6 is 0 Å². The Bertz CT molecular complexity index is 907. The molecule has 0 saturated heterocycles. The zero-order valence-corrected chi connectivity index (χ0v) is 11.5. The number of fused-ring (bicyclic) bond motifs is 1. The van der Waals surface area contributed by atoms with Crippen molar-refractivity contribution in [1.82, 2.24) is 9.97 Å². The molecular weight excluding hydrogens is 293 g/mol. The van der Waals surface area contributed by atoms with E-state index in [1.54, 1.807) is 30.6 Å². The summed E-state index contributed by atoms with van der Waals surface area (Å²) in [6.07, 6.45) is 4.40. The van der Waals surface area contributed by atoms with Crippen LogP contribution in [0.15, 0.2) is 60.0 Å². The highest BCUT2D eigenvalue weighted by molar-refractivity contribution is 7.92. The molecule has 0 aliphatic carbocycles. The molecular formula is C14H10FN3O2S. The van der Waals surface area contributed by atoms with Crippen molar-refractivity contribution in [2.24, 2.45) is 0 Å². The molecule has 0 spiro atoms. The van der Waals surface area contributed by atoms with Crippen molar-refractivity contribution in [2.75, 3.05) is 4.72 Å². The second-order valence-corrected chi connectivity index (χ2v) is 5.90. The van der Waals surface area contributed by atoms with E-state index in [0.717, 1.165) is 11.5 Å². The van der Waals surface area contributed by atoms with E-state index < -0.39 is 20.9 Å². The van der Waals surface area contributed by atoms with Gasteiger partial charge in [-0.15, -0.1) is 0 Å². The number of hydrogen-bond donors (Lipinski definition) is 1. The molecule has 0 aliphatic heterocycles. The summed E-state index contributed by atoms with van der Waals surface area (Å²) in [5.74, 6) is -0.896. The van der Waals surface area contributed by atoms with Gasteiger partial charge in [0.15, 0.2) is 5.82 Å². The van der Waals surface area contributed by atoms with Crippen molar-refractivity contribution in [3.63, 3.8) is 0 Å². The van der Waals surface area contributed by atoms with Crippen LogP contribution in [-0.4, -0.2) is 18.4 Å². The largest absolute Gasteiger partial charge is 0.282 e. The van der Waals surface area contributed by atoms with E-state index in [-0.39, 0.29) is 0 Å². The second-order valence-electron chi connectivity index (χ2n) is 4.30. The molecule has 3 rings (SSSR count). The second kappa shape index (κ2) is 5.10. The number of pyridine rings is 2. The molecule has 1 aromatic carbocycles. The summed E-state index contributed by atoms with van der Waals surface area (Å²) in [7, 11) is -4.09. The predicted molar refractivity (Wildman–Crippen MR) is 76.7 cm³/mol. The van der Waals surface area contributed by atoms with Crippen LogP contribution in [0.1, 0.15) is 0 Å². The Morgan fingerprint density at radius 2 is 1.90 bits per heavy atom. The van der Waals surface area contributed by atoms with Crippen molar-refractivity contribution < 1.29 is 12.8 Å². The molecule has 0 saturated carbocycles. The molecule has 0 aliphatic rings. The zero-order valence-electron chi connectivity index (χ0n) is 10.7. The molecule has 2 aromatic heterocycles. The highest BCUT2D eigenvalue weighted by atomic mass is 32.2. The van der Waals surface area contributed by atoms with Gasteiger partial charge in [-0.25, -0.2) is 9.37 Å². The lowest BCUT2D eigenvalue weighted by molar-refractivity contribution is 0.557. The monoisotopic (exact) mass is 303 g/mol. The molecule has 5 nitrogen and oxygen atoms in total. The Morgan fingerprint density at radius 1 is 1.05 bits per heavy atom. The van der Waals surface area contributed by atoms with Gasteiger partial charge >= 0.3 is 0 Å². The molecule has 0 bridgehead atoms. The van der Waals surface area contributed by atoms with E-state index in [1.807, 2.05) is 6.07 Å². The molecule has 1 N–H and O–H groups in total. The Balaban J connectivity index is 2.08. The van der Waals surface area contributed by atoms with Crippen LogP contribution < -0.4 is 4.72 Å². The van der Waals surface area contributed by atoms with Crippen molar-refractivity contribution in [1.29, 1.82) is 0 Å². The number of aromatic nitrogens is 2. The first-order valence-electron chi connectivity index (χ1n) is 6.04. The first-order valence-corrected chi connectivity index (χ1v) is 7.52. The summed E-state index contributed by atoms with van der Waals surface area (Å²) in [6, 6.07) is 9.16. The van der Waals surface area contributed by atoms with E-state index in [9.17, 15) is 12.8 Å². The van der Waals surface area contributed by atoms with Gasteiger partial charge in [-0.05, 0) is 24.3 Å². The van der Waals surface area contributed by atoms with Crippen LogP contribution in [0.2, 0.25) is 0 Å². The van der Waals surface area contributed by atoms with Crippen LogP contribution in [0.4, 0.5) is 10.1 Å². The van der Waals surface area contributed by atoms with Gasteiger partial charge in [0.25, 0.3) is 10.0 Å². The normalized spacial score (nSPS) is 11.5. The average Bonchev–Trinajstić information content (AvgIpc) is 2.47. The van der Waals surface area contributed by atoms with Gasteiger partial charge in [-0.2, -0.15) is 8.42 Å². The zero-order chi connectivity index (χ0) is 14.9. The van der Waals surface area contributed by atoms with Crippen molar-refractivity contribution in [3.05, 3.63) is 60.8 Å². The minimum atomic E-state index is -4.09. The maximum atomic E-state index is 13.6. The third-order valence-electron chi connectivity index (χ3n) is 2.90. The van der Waals surface area contributed by atoms with Gasteiger partial charge in [0.2, 0.25) is 5.03 Å². The highest BCUT2D eigenvalue weighted by Gasteiger charge is 2.21. The van der Waals surface area contributed by atoms with Crippen molar-refractivity contribution in [3.8, 4) is 0 Å². The summed E-state index contributed by atoms with van der Waals surface area (Å²) in [5.41, 5.74) is 0.347. The lowest BCUT2D eigenvalue weighted by atomic mass is 10.1. The average molecular weight is 303 g/mol. The first kappa shape index (κ1) is 13.4. The lowest BCUT2D eigenvalue weighted by Crippen LogP contribution is -2.16. The topological polar surface area (TPSA) is 72.0 Å². The van der Waals surface area contributed by atoms with Crippen LogP contribution in [0.25, 0.3) is 10.8 Å². The minimum Gasteiger partial charge on any atom is -0.278 e. The SMILES string of the molecule is O=S(=O)(Nc1cccc2cnccc12)c1ncccc1F. The maximum Gasteiger partial charge on any atom is 0.282 e. The molecule has 0 amide bonds. The van der Waals surface area contributed by atoms with Crippen LogP contribution in [0.3, 0.4) is 0 Å². The van der Waals surface area contributed by atoms with Gasteiger partial charge in [-0.1, -0.05) is 12.1 Å². The molecule has 0 atom stereocenters. The summed E-state index contributed by atoms with van der Waals surface area (Å²) in [4.78, 5) is 7.56. The standard InChI is InChI=1S/C14H10FN3O2S/c15-12-4-2-7-17-14(12)21(19,20)18-13-5-1-3-10-9-16-8-6-11(10)13/h1-9,18H. The quantitative estimate of drug-likeness (QED) is 0.807. The number of anilines is 1. The molecule has 0 radical (unpaired) electrons. The third-order valence-corrected chi connectivity index (χ3v) is 4.20. The number of sulfonamides is 1. The molecule has 0 unspecified atom stereocenters. The Morgan fingerprint density at radius 3 is 2.71 bits per heavy atom. The Hall–Kier alpha value is -2.54. The fraction of sp³-hybridized carbons (Fsp3) is 0. The number of halogens is 1. The minimum absolute atomic E-state index is 0.347. The number of nitrogens with zero attached hydrogens (tertiary/aromatic N) is 2. The van der Waals surface area contributed by atoms with E-state index in [0.29, 0.717) is 11.1 Å². The highest BCUT2D eigenvalue weighted by Crippen LogP contribution is 2.25. The predicted octanol–water partition coefficient (Wildman–Crippen LogP) is 2.57. The molecule has 106 valence electrons. The van der Waals surface area contributed by atoms with Gasteiger partial charge in [0.1, 0.15) is 0 Å². The number of benzene rings is 1. The van der Waals surface area contributed by atoms with E-state index >= 15 is 0 Å². The summed E-state index contributed by atoms with van der Waals surface area (Å²) < 4.78 is 40.4. The molecule has 3 aromatic rings. The third kappa shape index (κ3) is 2.55. The van der Waals surface area contributed by atoms with Gasteiger partial charge in [0, 0.05) is 29.4 Å². The molecule has 0 fully saturated rings. The van der Waals surface area contributed by atoms with Crippen molar-refractivity contribution >= 4 is 26.5 Å². The van der Waals surface area contributed by atoms with E-state index in [1.165, 1.54) is 12.3 Å². The number of hydrogen-bond acceptors (Lipinski definition) is 4. The van der Waals surface area contributed by atoms with Crippen LogP contribution in [0.5, 0.6) is 0 Å². The maximum absolute atomic E-state index is 13.6. The van der Waals surface area contributed by atoms with Gasteiger partial charge in [-0.3, -0.25) is 9.71 Å². The number of rotatable bonds is 3. The lowest BCUT2D eigenvalue weighted by Gasteiger charge is -2.10. The van der Waals surface area contributed by atoms with Crippen LogP contribution in [-0.2, 0) is 10.0 Å². The number of nitrogens with one attached hydrogen (secondary N) is 1. The Kier molecular flexibility index (Phi) is 3.26. The Labute approximate surface area is 120 Å². The smallest absolute Gasteiger partial charge is 0.278 e. The van der Waals surface area contributed by atoms with Gasteiger partial charge < -0.3 is 0 Å². The fourth-order valence-electron chi connectivity index (χ4n) is 1.97. The summed E-state index contributed by atoms with van der Waals surface area (Å²) in [6.45, 7) is 0.